The number of carbonyl (C=O) groups excluding carboxylic acids is 2. The molecule has 0 bridgehead atoms. The van der Waals surface area contributed by atoms with Gasteiger partial charge in [-0.1, -0.05) is 70.0 Å². The van der Waals surface area contributed by atoms with Crippen molar-refractivity contribution in [3.8, 4) is 5.75 Å². The number of rotatable bonds is 12. The molecule has 0 saturated heterocycles. The molecule has 0 aliphatic heterocycles. The molecule has 36 heavy (non-hydrogen) atoms. The van der Waals surface area contributed by atoms with E-state index in [4.69, 9.17) is 16.3 Å². The van der Waals surface area contributed by atoms with Crippen LogP contribution in [0.4, 0.5) is 0 Å². The number of carbonyl (C=O) groups is 2. The van der Waals surface area contributed by atoms with Crippen LogP contribution in [-0.2, 0) is 22.6 Å². The van der Waals surface area contributed by atoms with E-state index in [0.29, 0.717) is 36.8 Å². The summed E-state index contributed by atoms with van der Waals surface area (Å²) in [6.45, 7) is 4.57. The van der Waals surface area contributed by atoms with Crippen molar-refractivity contribution >= 4 is 39.3 Å². The lowest BCUT2D eigenvalue weighted by molar-refractivity contribution is -0.141. The Morgan fingerprint density at radius 3 is 2.33 bits per heavy atom. The molecule has 7 heteroatoms. The van der Waals surface area contributed by atoms with Gasteiger partial charge in [0.05, 0.1) is 6.61 Å². The van der Waals surface area contributed by atoms with Crippen molar-refractivity contribution in [2.45, 2.75) is 51.7 Å². The maximum absolute atomic E-state index is 13.6. The molecule has 0 heterocycles. The van der Waals surface area contributed by atoms with Crippen LogP contribution in [0.1, 0.15) is 37.8 Å². The third-order valence-corrected chi connectivity index (χ3v) is 6.31. The van der Waals surface area contributed by atoms with Crippen molar-refractivity contribution < 1.29 is 14.3 Å². The van der Waals surface area contributed by atoms with Gasteiger partial charge in [0.25, 0.3) is 0 Å². The molecule has 3 aromatic carbocycles. The van der Waals surface area contributed by atoms with E-state index in [2.05, 4.69) is 21.2 Å². The summed E-state index contributed by atoms with van der Waals surface area (Å²) in [6.07, 6.45) is 1.22. The lowest BCUT2D eigenvalue weighted by Crippen LogP contribution is -2.51. The highest BCUT2D eigenvalue weighted by atomic mass is 79.9. The van der Waals surface area contributed by atoms with Crippen LogP contribution in [0.3, 0.4) is 0 Å². The number of halogens is 2. The summed E-state index contributed by atoms with van der Waals surface area (Å²) in [5, 5.41) is 3.65. The Labute approximate surface area is 226 Å². The predicted octanol–water partition coefficient (Wildman–Crippen LogP) is 6.43. The molecule has 5 nitrogen and oxygen atoms in total. The molecular formula is C29H32BrClN2O3. The van der Waals surface area contributed by atoms with Crippen LogP contribution in [0.5, 0.6) is 5.75 Å². The van der Waals surface area contributed by atoms with Gasteiger partial charge < -0.3 is 15.0 Å². The minimum Gasteiger partial charge on any atom is -0.494 e. The first-order chi connectivity index (χ1) is 17.3. The molecule has 0 spiro atoms. The third-order valence-electron chi connectivity index (χ3n) is 5.56. The van der Waals surface area contributed by atoms with Crippen LogP contribution >= 0.6 is 27.5 Å². The van der Waals surface area contributed by atoms with Gasteiger partial charge in [0.1, 0.15) is 11.8 Å². The van der Waals surface area contributed by atoms with Crippen molar-refractivity contribution in [3.05, 3.63) is 99.5 Å². The largest absolute Gasteiger partial charge is 0.494 e. The zero-order valence-electron chi connectivity index (χ0n) is 20.6. The van der Waals surface area contributed by atoms with Crippen molar-refractivity contribution in [3.63, 3.8) is 0 Å². The number of nitrogens with one attached hydrogen (secondary N) is 1. The lowest BCUT2D eigenvalue weighted by Gasteiger charge is -2.32. The van der Waals surface area contributed by atoms with Crippen molar-refractivity contribution in [2.75, 3.05) is 6.61 Å². The van der Waals surface area contributed by atoms with E-state index >= 15 is 0 Å². The summed E-state index contributed by atoms with van der Waals surface area (Å²) in [7, 11) is 0. The fraction of sp³-hybridized carbons (Fsp3) is 0.310. The fourth-order valence-electron chi connectivity index (χ4n) is 3.85. The summed E-state index contributed by atoms with van der Waals surface area (Å²) in [4.78, 5) is 28.6. The van der Waals surface area contributed by atoms with Crippen LogP contribution in [0, 0.1) is 0 Å². The number of benzene rings is 3. The van der Waals surface area contributed by atoms with Gasteiger partial charge in [0.15, 0.2) is 0 Å². The Morgan fingerprint density at radius 1 is 0.972 bits per heavy atom. The van der Waals surface area contributed by atoms with Crippen LogP contribution in [-0.4, -0.2) is 35.4 Å². The Balaban J connectivity index is 1.78. The summed E-state index contributed by atoms with van der Waals surface area (Å²) in [6, 6.07) is 24.1. The molecule has 0 aliphatic rings. The van der Waals surface area contributed by atoms with Gasteiger partial charge in [0.2, 0.25) is 11.8 Å². The van der Waals surface area contributed by atoms with Crippen molar-refractivity contribution in [1.82, 2.24) is 10.2 Å². The van der Waals surface area contributed by atoms with Gasteiger partial charge in [-0.25, -0.2) is 0 Å². The molecule has 0 saturated carbocycles. The molecule has 3 rings (SSSR count). The lowest BCUT2D eigenvalue weighted by atomic mass is 10.0. The van der Waals surface area contributed by atoms with E-state index in [1.54, 1.807) is 29.2 Å². The van der Waals surface area contributed by atoms with Crippen molar-refractivity contribution in [1.29, 1.82) is 0 Å². The monoisotopic (exact) mass is 570 g/mol. The first kappa shape index (κ1) is 27.8. The van der Waals surface area contributed by atoms with Crippen LogP contribution < -0.4 is 10.1 Å². The molecule has 190 valence electrons. The topological polar surface area (TPSA) is 58.6 Å². The quantitative estimate of drug-likeness (QED) is 0.255. The smallest absolute Gasteiger partial charge is 0.243 e. The molecule has 1 atom stereocenters. The molecule has 1 unspecified atom stereocenters. The summed E-state index contributed by atoms with van der Waals surface area (Å²) in [5.74, 6) is 0.459. The molecule has 0 aromatic heterocycles. The number of nitrogens with zero attached hydrogens (tertiary/aromatic N) is 1. The van der Waals surface area contributed by atoms with E-state index in [1.807, 2.05) is 68.4 Å². The molecule has 0 radical (unpaired) electrons. The number of hydrogen-bond acceptors (Lipinski definition) is 3. The number of hydrogen-bond donors (Lipinski definition) is 1. The minimum atomic E-state index is -0.640. The molecule has 0 aliphatic carbocycles. The summed E-state index contributed by atoms with van der Waals surface area (Å²) in [5.41, 5.74) is 1.95. The average Bonchev–Trinajstić information content (AvgIpc) is 2.85. The van der Waals surface area contributed by atoms with E-state index in [0.717, 1.165) is 15.6 Å². The Bertz CT molecular complexity index is 1120. The first-order valence-electron chi connectivity index (χ1n) is 12.1. The molecular weight excluding hydrogens is 540 g/mol. The number of ether oxygens (including phenoxy) is 1. The number of amides is 2. The normalized spacial score (nSPS) is 11.7. The maximum atomic E-state index is 13.6. The van der Waals surface area contributed by atoms with Crippen LogP contribution in [0.25, 0.3) is 0 Å². The SMILES string of the molecule is CC(C)NC(=O)C(Cc1ccccc1)N(Cc1cccc(Br)c1)C(=O)CCCOc1ccc(Cl)cc1. The molecule has 2 amide bonds. The standard InChI is InChI=1S/C29H32BrClN2O3/c1-21(2)32-29(35)27(19-22-8-4-3-5-9-22)33(20-23-10-6-11-24(30)18-23)28(34)12-7-17-36-26-15-13-25(31)14-16-26/h3-6,8-11,13-16,18,21,27H,7,12,17,19-20H2,1-2H3,(H,32,35). The zero-order chi connectivity index (χ0) is 25.9. The van der Waals surface area contributed by atoms with E-state index in [-0.39, 0.29) is 24.3 Å². The van der Waals surface area contributed by atoms with Gasteiger partial charge >= 0.3 is 0 Å². The van der Waals surface area contributed by atoms with Gasteiger partial charge in [-0.05, 0) is 67.8 Å². The molecule has 0 fully saturated rings. The van der Waals surface area contributed by atoms with Gasteiger partial charge in [-0.15, -0.1) is 0 Å². The third kappa shape index (κ3) is 8.99. The Morgan fingerprint density at radius 2 is 1.67 bits per heavy atom. The summed E-state index contributed by atoms with van der Waals surface area (Å²) < 4.78 is 6.69. The second kappa shape index (κ2) is 14.0. The zero-order valence-corrected chi connectivity index (χ0v) is 23.0. The van der Waals surface area contributed by atoms with Crippen LogP contribution in [0.15, 0.2) is 83.3 Å². The van der Waals surface area contributed by atoms with E-state index in [1.165, 1.54) is 0 Å². The van der Waals surface area contributed by atoms with E-state index in [9.17, 15) is 9.59 Å². The Kier molecular flexibility index (Phi) is 10.8. The summed E-state index contributed by atoms with van der Waals surface area (Å²) >= 11 is 9.44. The molecule has 1 N–H and O–H groups in total. The highest BCUT2D eigenvalue weighted by Crippen LogP contribution is 2.20. The highest BCUT2D eigenvalue weighted by molar-refractivity contribution is 9.10. The second-order valence-corrected chi connectivity index (χ2v) is 10.3. The van der Waals surface area contributed by atoms with Crippen LogP contribution in [0.2, 0.25) is 5.02 Å². The first-order valence-corrected chi connectivity index (χ1v) is 13.3. The van der Waals surface area contributed by atoms with E-state index < -0.39 is 6.04 Å². The van der Waals surface area contributed by atoms with Gasteiger partial charge in [-0.2, -0.15) is 0 Å². The average molecular weight is 572 g/mol. The van der Waals surface area contributed by atoms with Gasteiger partial charge in [-0.3, -0.25) is 9.59 Å². The minimum absolute atomic E-state index is 0.0358. The Hall–Kier alpha value is -2.83. The van der Waals surface area contributed by atoms with Crippen molar-refractivity contribution in [2.24, 2.45) is 0 Å². The molecule has 3 aromatic rings. The maximum Gasteiger partial charge on any atom is 0.243 e. The predicted molar refractivity (Wildman–Crippen MR) is 148 cm³/mol. The van der Waals surface area contributed by atoms with Gasteiger partial charge in [0, 0.05) is 34.9 Å². The fourth-order valence-corrected chi connectivity index (χ4v) is 4.43. The highest BCUT2D eigenvalue weighted by Gasteiger charge is 2.30. The second-order valence-electron chi connectivity index (χ2n) is 8.93.